The SMILES string of the molecule is [Cl][V]([Cl])([Cl])=[N]C1CCCCC1. The van der Waals surface area contributed by atoms with E-state index in [9.17, 15) is 0 Å². The van der Waals surface area contributed by atoms with Crippen LogP contribution in [0.25, 0.3) is 0 Å². The third-order valence-corrected chi connectivity index (χ3v) is 3.87. The zero-order chi connectivity index (χ0) is 8.32. The molecule has 5 heteroatoms. The summed E-state index contributed by atoms with van der Waals surface area (Å²) in [5.41, 5.74) is 0. The molecule has 0 N–H and O–H groups in total. The minimum atomic E-state index is -3.01. The quantitative estimate of drug-likeness (QED) is 0.667. The van der Waals surface area contributed by atoms with Gasteiger partial charge in [-0.3, -0.25) is 0 Å². The fraction of sp³-hybridized carbons (Fsp3) is 1.00. The van der Waals surface area contributed by atoms with Gasteiger partial charge in [0, 0.05) is 0 Å². The first-order valence-corrected chi connectivity index (χ1v) is 10.2. The third-order valence-electron chi connectivity index (χ3n) is 1.87. The van der Waals surface area contributed by atoms with Gasteiger partial charge in [0.15, 0.2) is 0 Å². The fourth-order valence-corrected chi connectivity index (χ4v) is 3.85. The average Bonchev–Trinajstić information content (AvgIpc) is 1.85. The van der Waals surface area contributed by atoms with Crippen LogP contribution in [0, 0.1) is 0 Å². The third kappa shape index (κ3) is 4.74. The molecule has 0 radical (unpaired) electrons. The van der Waals surface area contributed by atoms with E-state index in [1.165, 1.54) is 19.3 Å². The van der Waals surface area contributed by atoms with Gasteiger partial charge in [-0.05, 0) is 0 Å². The molecule has 0 atom stereocenters. The van der Waals surface area contributed by atoms with E-state index in [1.54, 1.807) is 0 Å². The van der Waals surface area contributed by atoms with E-state index in [-0.39, 0.29) is 0 Å². The number of nitrogens with zero attached hydrogens (tertiary/aromatic N) is 1. The molecule has 0 heterocycles. The molecular formula is C6H11Cl3NV. The average molecular weight is 254 g/mol. The summed E-state index contributed by atoms with van der Waals surface area (Å²) in [5, 5.41) is 0. The van der Waals surface area contributed by atoms with Crippen molar-refractivity contribution >= 4 is 29.5 Å². The summed E-state index contributed by atoms with van der Waals surface area (Å²) in [4.78, 5) is 0. The molecule has 11 heavy (non-hydrogen) atoms. The second-order valence-electron chi connectivity index (χ2n) is 2.83. The maximum atomic E-state index is 5.70. The van der Waals surface area contributed by atoms with Crippen LogP contribution in [0.4, 0.5) is 0 Å². The first-order chi connectivity index (χ1) is 5.08. The maximum absolute atomic E-state index is 5.70. The molecule has 0 unspecified atom stereocenters. The van der Waals surface area contributed by atoms with Gasteiger partial charge < -0.3 is 0 Å². The number of halogens is 3. The van der Waals surface area contributed by atoms with Gasteiger partial charge in [0.05, 0.1) is 0 Å². The van der Waals surface area contributed by atoms with Crippen LogP contribution in [0.2, 0.25) is 0 Å². The number of hydrogen-bond donors (Lipinski definition) is 0. The molecule has 0 aromatic rings. The van der Waals surface area contributed by atoms with Crippen molar-refractivity contribution in [3.05, 3.63) is 0 Å². The van der Waals surface area contributed by atoms with Crippen LogP contribution in [0.5, 0.6) is 0 Å². The van der Waals surface area contributed by atoms with E-state index in [0.717, 1.165) is 12.8 Å². The zero-order valence-electron chi connectivity index (χ0n) is 6.14. The van der Waals surface area contributed by atoms with Gasteiger partial charge >= 0.3 is 82.4 Å². The van der Waals surface area contributed by atoms with Crippen LogP contribution >= 0.6 is 29.5 Å². The second-order valence-corrected chi connectivity index (χ2v) is 12.7. The Bertz CT molecular complexity index is 162. The Hall–Kier alpha value is 1.25. The van der Waals surface area contributed by atoms with Crippen LogP contribution in [-0.4, -0.2) is 6.04 Å². The van der Waals surface area contributed by atoms with Crippen molar-refractivity contribution in [1.82, 2.24) is 0 Å². The van der Waals surface area contributed by atoms with E-state index >= 15 is 0 Å². The van der Waals surface area contributed by atoms with Gasteiger partial charge in [-0.15, -0.1) is 0 Å². The molecule has 1 saturated carbocycles. The zero-order valence-corrected chi connectivity index (χ0v) is 9.81. The summed E-state index contributed by atoms with van der Waals surface area (Å²) in [6.07, 6.45) is 6.05. The van der Waals surface area contributed by atoms with Crippen molar-refractivity contribution in [2.45, 2.75) is 38.1 Å². The summed E-state index contributed by atoms with van der Waals surface area (Å²) in [6, 6.07) is 0.351. The normalized spacial score (nSPS) is 21.7. The summed E-state index contributed by atoms with van der Waals surface area (Å²) >= 11 is 0. The van der Waals surface area contributed by atoms with E-state index in [2.05, 4.69) is 3.79 Å². The van der Waals surface area contributed by atoms with Gasteiger partial charge in [-0.25, -0.2) is 0 Å². The predicted octanol–water partition coefficient (Wildman–Crippen LogP) is 4.12. The molecule has 66 valence electrons. The van der Waals surface area contributed by atoms with Gasteiger partial charge in [0.2, 0.25) is 0 Å². The Morgan fingerprint density at radius 2 is 1.55 bits per heavy atom. The van der Waals surface area contributed by atoms with Gasteiger partial charge in [-0.1, -0.05) is 0 Å². The van der Waals surface area contributed by atoms with Gasteiger partial charge in [0.1, 0.15) is 0 Å². The van der Waals surface area contributed by atoms with E-state index in [0.29, 0.717) is 6.04 Å². The second kappa shape index (κ2) is 4.48. The summed E-state index contributed by atoms with van der Waals surface area (Å²) in [5.74, 6) is 0. The van der Waals surface area contributed by atoms with Crippen LogP contribution in [-0.2, 0) is 11.0 Å². The van der Waals surface area contributed by atoms with Crippen molar-refractivity contribution in [1.29, 1.82) is 0 Å². The van der Waals surface area contributed by atoms with E-state index in [4.69, 9.17) is 29.5 Å². The first kappa shape index (κ1) is 10.3. The van der Waals surface area contributed by atoms with Crippen molar-refractivity contribution in [3.8, 4) is 0 Å². The molecule has 0 aromatic heterocycles. The van der Waals surface area contributed by atoms with Crippen molar-refractivity contribution < 1.29 is 11.0 Å². The summed E-state index contributed by atoms with van der Waals surface area (Å²) in [7, 11) is 14.1. The van der Waals surface area contributed by atoms with Crippen molar-refractivity contribution in [2.24, 2.45) is 3.79 Å². The van der Waals surface area contributed by atoms with Gasteiger partial charge in [0.25, 0.3) is 0 Å². The molecule has 0 bridgehead atoms. The number of hydrogen-bond acceptors (Lipinski definition) is 1. The van der Waals surface area contributed by atoms with Gasteiger partial charge in [-0.2, -0.15) is 0 Å². The molecular weight excluding hydrogens is 243 g/mol. The van der Waals surface area contributed by atoms with Crippen LogP contribution in [0.15, 0.2) is 3.79 Å². The molecule has 0 saturated heterocycles. The Morgan fingerprint density at radius 3 is 2.00 bits per heavy atom. The Kier molecular flexibility index (Phi) is 4.21. The Morgan fingerprint density at radius 1 is 1.00 bits per heavy atom. The molecule has 1 fully saturated rings. The molecule has 1 nitrogen and oxygen atoms in total. The molecule has 1 aliphatic rings. The minimum absolute atomic E-state index is 0.351. The topological polar surface area (TPSA) is 12.4 Å². The van der Waals surface area contributed by atoms with Crippen LogP contribution in [0.3, 0.4) is 0 Å². The standard InChI is InChI=1S/C6H11N.3ClH.V/c7-6-4-2-1-3-5-6;;;;/h6H,1-5H2;3*1H;/q;;;;+3/p-3. The summed E-state index contributed by atoms with van der Waals surface area (Å²) < 4.78 is 4.24. The first-order valence-electron chi connectivity index (χ1n) is 3.78. The molecule has 0 aromatic carbocycles. The molecule has 1 aliphatic carbocycles. The molecule has 0 spiro atoms. The predicted molar refractivity (Wildman–Crippen MR) is 46.9 cm³/mol. The van der Waals surface area contributed by atoms with Crippen LogP contribution < -0.4 is 0 Å². The monoisotopic (exact) mass is 253 g/mol. The van der Waals surface area contributed by atoms with Crippen molar-refractivity contribution in [3.63, 3.8) is 0 Å². The number of rotatable bonds is 1. The van der Waals surface area contributed by atoms with E-state index in [1.807, 2.05) is 0 Å². The summed E-state index contributed by atoms with van der Waals surface area (Å²) in [6.45, 7) is 0. The fourth-order valence-electron chi connectivity index (χ4n) is 1.38. The molecule has 1 rings (SSSR count). The van der Waals surface area contributed by atoms with E-state index < -0.39 is 11.0 Å². The Labute approximate surface area is 82.2 Å². The Balaban J connectivity index is 2.47. The van der Waals surface area contributed by atoms with Crippen molar-refractivity contribution in [2.75, 3.05) is 0 Å². The molecule has 0 aliphatic heterocycles. The van der Waals surface area contributed by atoms with Crippen LogP contribution in [0.1, 0.15) is 32.1 Å². The molecule has 0 amide bonds.